The molecule has 88 valence electrons. The van der Waals surface area contributed by atoms with Crippen molar-refractivity contribution in [3.8, 4) is 5.75 Å². The summed E-state index contributed by atoms with van der Waals surface area (Å²) in [4.78, 5) is 15.5. The zero-order chi connectivity index (χ0) is 12.0. The molecule has 1 saturated carbocycles. The van der Waals surface area contributed by atoms with E-state index in [1.54, 1.807) is 13.2 Å². The van der Waals surface area contributed by atoms with Gasteiger partial charge in [0.15, 0.2) is 5.43 Å². The molecule has 4 heteroatoms. The van der Waals surface area contributed by atoms with Crippen LogP contribution in [-0.2, 0) is 0 Å². The molecular weight excluding hydrogens is 282 g/mol. The molecule has 17 heavy (non-hydrogen) atoms. The van der Waals surface area contributed by atoms with E-state index in [1.807, 2.05) is 12.1 Å². The molecule has 0 bridgehead atoms. The average Bonchev–Trinajstić information content (AvgIpc) is 3.12. The van der Waals surface area contributed by atoms with Gasteiger partial charge in [0.1, 0.15) is 5.75 Å². The summed E-state index contributed by atoms with van der Waals surface area (Å²) in [5.41, 5.74) is 1.86. The highest BCUT2D eigenvalue weighted by atomic mass is 79.9. The lowest BCUT2D eigenvalue weighted by molar-refractivity contribution is 0.418. The predicted molar refractivity (Wildman–Crippen MR) is 70.8 cm³/mol. The normalized spacial score (nSPS) is 15.2. The zero-order valence-corrected chi connectivity index (χ0v) is 11.0. The van der Waals surface area contributed by atoms with Gasteiger partial charge in [-0.15, -0.1) is 0 Å². The van der Waals surface area contributed by atoms with Gasteiger partial charge in [-0.3, -0.25) is 4.79 Å². The summed E-state index contributed by atoms with van der Waals surface area (Å²) in [6.45, 7) is 0. The minimum absolute atomic E-state index is 0.0476. The Morgan fingerprint density at radius 2 is 2.18 bits per heavy atom. The van der Waals surface area contributed by atoms with Crippen LogP contribution in [0.1, 0.15) is 24.5 Å². The highest BCUT2D eigenvalue weighted by Crippen LogP contribution is 2.39. The maximum absolute atomic E-state index is 12.1. The summed E-state index contributed by atoms with van der Waals surface area (Å²) in [6.07, 6.45) is 2.33. The number of ether oxygens (including phenoxy) is 1. The largest absolute Gasteiger partial charge is 0.495 e. The van der Waals surface area contributed by atoms with Crippen LogP contribution in [0, 0.1) is 0 Å². The van der Waals surface area contributed by atoms with Gasteiger partial charge in [0.05, 0.1) is 18.0 Å². The van der Waals surface area contributed by atoms with E-state index in [1.165, 1.54) is 0 Å². The standard InChI is InChI=1S/C13H12BrNO2/c1-17-11-5-4-8(14)12-10(16)6-9(7-2-3-7)15-13(11)12/h4-7H,2-3H2,1H3,(H,15,16). The fourth-order valence-corrected chi connectivity index (χ4v) is 2.63. The van der Waals surface area contributed by atoms with Gasteiger partial charge < -0.3 is 9.72 Å². The van der Waals surface area contributed by atoms with Crippen molar-refractivity contribution in [3.63, 3.8) is 0 Å². The van der Waals surface area contributed by atoms with Crippen molar-refractivity contribution in [1.29, 1.82) is 0 Å². The zero-order valence-electron chi connectivity index (χ0n) is 9.42. The molecule has 2 aromatic rings. The second-order valence-corrected chi connectivity index (χ2v) is 5.22. The third-order valence-electron chi connectivity index (χ3n) is 3.16. The average molecular weight is 294 g/mol. The summed E-state index contributed by atoms with van der Waals surface area (Å²) < 4.78 is 6.10. The fraction of sp³-hybridized carbons (Fsp3) is 0.308. The first-order valence-electron chi connectivity index (χ1n) is 5.60. The molecule has 0 atom stereocenters. The molecule has 1 fully saturated rings. The molecule has 1 aliphatic carbocycles. The Hall–Kier alpha value is -1.29. The van der Waals surface area contributed by atoms with Gasteiger partial charge in [-0.05, 0) is 46.8 Å². The topological polar surface area (TPSA) is 42.1 Å². The Bertz CT molecular complexity index is 644. The lowest BCUT2D eigenvalue weighted by atomic mass is 10.1. The minimum atomic E-state index is 0.0476. The monoisotopic (exact) mass is 293 g/mol. The van der Waals surface area contributed by atoms with Crippen LogP contribution in [0.4, 0.5) is 0 Å². The Morgan fingerprint density at radius 1 is 1.41 bits per heavy atom. The number of aromatic nitrogens is 1. The van der Waals surface area contributed by atoms with E-state index < -0.39 is 0 Å². The number of fused-ring (bicyclic) bond motifs is 1. The van der Waals surface area contributed by atoms with E-state index in [2.05, 4.69) is 20.9 Å². The molecule has 0 radical (unpaired) electrons. The maximum atomic E-state index is 12.1. The van der Waals surface area contributed by atoms with Gasteiger partial charge >= 0.3 is 0 Å². The number of benzene rings is 1. The lowest BCUT2D eigenvalue weighted by Crippen LogP contribution is -2.06. The number of aromatic amines is 1. The molecule has 0 aliphatic heterocycles. The molecule has 0 amide bonds. The molecule has 1 N–H and O–H groups in total. The van der Waals surface area contributed by atoms with Crippen molar-refractivity contribution in [2.24, 2.45) is 0 Å². The number of nitrogens with one attached hydrogen (secondary N) is 1. The summed E-state index contributed by atoms with van der Waals surface area (Å²) in [6, 6.07) is 5.41. The van der Waals surface area contributed by atoms with Gasteiger partial charge in [-0.2, -0.15) is 0 Å². The Labute approximate surface area is 107 Å². The van der Waals surface area contributed by atoms with Crippen molar-refractivity contribution in [3.05, 3.63) is 38.6 Å². The number of hydrogen-bond donors (Lipinski definition) is 1. The first-order valence-corrected chi connectivity index (χ1v) is 6.39. The van der Waals surface area contributed by atoms with Crippen LogP contribution >= 0.6 is 15.9 Å². The fourth-order valence-electron chi connectivity index (χ4n) is 2.10. The van der Waals surface area contributed by atoms with Crippen LogP contribution in [0.3, 0.4) is 0 Å². The van der Waals surface area contributed by atoms with Crippen LogP contribution in [0.15, 0.2) is 27.5 Å². The number of methoxy groups -OCH3 is 1. The number of halogens is 1. The summed E-state index contributed by atoms with van der Waals surface area (Å²) in [7, 11) is 1.62. The van der Waals surface area contributed by atoms with E-state index >= 15 is 0 Å². The van der Waals surface area contributed by atoms with Crippen LogP contribution in [0.5, 0.6) is 5.75 Å². The van der Waals surface area contributed by atoms with E-state index in [0.717, 1.165) is 28.5 Å². The number of hydrogen-bond acceptors (Lipinski definition) is 2. The Kier molecular flexibility index (Phi) is 2.47. The third kappa shape index (κ3) is 1.76. The molecule has 0 unspecified atom stereocenters. The first kappa shape index (κ1) is 10.8. The quantitative estimate of drug-likeness (QED) is 0.924. The van der Waals surface area contributed by atoms with Crippen LogP contribution in [0.25, 0.3) is 10.9 Å². The van der Waals surface area contributed by atoms with Crippen molar-refractivity contribution in [2.45, 2.75) is 18.8 Å². The summed E-state index contributed by atoms with van der Waals surface area (Å²) in [5, 5.41) is 0.661. The van der Waals surface area contributed by atoms with Crippen molar-refractivity contribution in [2.75, 3.05) is 7.11 Å². The molecule has 1 aromatic carbocycles. The third-order valence-corrected chi connectivity index (χ3v) is 3.82. The van der Waals surface area contributed by atoms with Crippen LogP contribution in [0.2, 0.25) is 0 Å². The highest BCUT2D eigenvalue weighted by molar-refractivity contribution is 9.10. The minimum Gasteiger partial charge on any atom is -0.495 e. The first-order chi connectivity index (χ1) is 8.20. The van der Waals surface area contributed by atoms with Gasteiger partial charge in [-0.25, -0.2) is 0 Å². The second kappa shape index (κ2) is 3.88. The number of pyridine rings is 1. The van der Waals surface area contributed by atoms with Crippen LogP contribution < -0.4 is 10.2 Å². The van der Waals surface area contributed by atoms with Gasteiger partial charge in [0.2, 0.25) is 0 Å². The Balaban J connectivity index is 2.38. The second-order valence-electron chi connectivity index (χ2n) is 4.36. The number of H-pyrrole nitrogens is 1. The van der Waals surface area contributed by atoms with Crippen LogP contribution in [-0.4, -0.2) is 12.1 Å². The maximum Gasteiger partial charge on any atom is 0.190 e. The van der Waals surface area contributed by atoms with Crippen molar-refractivity contribution >= 4 is 26.8 Å². The van der Waals surface area contributed by atoms with Gasteiger partial charge in [0, 0.05) is 16.2 Å². The lowest BCUT2D eigenvalue weighted by Gasteiger charge is -2.08. The number of rotatable bonds is 2. The molecule has 0 spiro atoms. The highest BCUT2D eigenvalue weighted by Gasteiger charge is 2.25. The molecule has 3 rings (SSSR count). The molecule has 1 aliphatic rings. The summed E-state index contributed by atoms with van der Waals surface area (Å²) in [5.74, 6) is 1.23. The van der Waals surface area contributed by atoms with Crippen molar-refractivity contribution < 1.29 is 4.74 Å². The van der Waals surface area contributed by atoms with E-state index in [-0.39, 0.29) is 5.43 Å². The van der Waals surface area contributed by atoms with Gasteiger partial charge in [0.25, 0.3) is 0 Å². The smallest absolute Gasteiger partial charge is 0.190 e. The molecule has 1 heterocycles. The molecule has 3 nitrogen and oxygen atoms in total. The summed E-state index contributed by atoms with van der Waals surface area (Å²) >= 11 is 3.41. The molecule has 0 saturated heterocycles. The van der Waals surface area contributed by atoms with Gasteiger partial charge in [-0.1, -0.05) is 0 Å². The predicted octanol–water partition coefficient (Wildman–Crippen LogP) is 3.18. The Morgan fingerprint density at radius 3 is 2.82 bits per heavy atom. The van der Waals surface area contributed by atoms with E-state index in [4.69, 9.17) is 4.74 Å². The van der Waals surface area contributed by atoms with E-state index in [0.29, 0.717) is 17.1 Å². The molecular formula is C13H12BrNO2. The molecule has 1 aromatic heterocycles. The van der Waals surface area contributed by atoms with Crippen molar-refractivity contribution in [1.82, 2.24) is 4.98 Å². The SMILES string of the molecule is COc1ccc(Br)c2c(=O)cc(C3CC3)[nH]c12. The van der Waals surface area contributed by atoms with E-state index in [9.17, 15) is 4.79 Å².